The van der Waals surface area contributed by atoms with Crippen LogP contribution in [0.5, 0.6) is 0 Å². The summed E-state index contributed by atoms with van der Waals surface area (Å²) < 4.78 is 10.8. The Hall–Kier alpha value is -0.770. The highest BCUT2D eigenvalue weighted by atomic mass is 16.5. The Morgan fingerprint density at radius 1 is 1.25 bits per heavy atom. The molecule has 0 aromatic rings. The summed E-state index contributed by atoms with van der Waals surface area (Å²) in [4.78, 5) is 4.01. The molecule has 0 atom stereocenters. The zero-order valence-corrected chi connectivity index (χ0v) is 7.08. The predicted molar refractivity (Wildman–Crippen MR) is 45.0 cm³/mol. The minimum Gasteiger partial charge on any atom is -0.459 e. The number of nitrogens with zero attached hydrogens (tertiary/aromatic N) is 1. The quantitative estimate of drug-likeness (QED) is 0.567. The van der Waals surface area contributed by atoms with E-state index in [4.69, 9.17) is 15.2 Å². The number of hydrogen-bond donors (Lipinski definition) is 1. The molecule has 2 rings (SSSR count). The molecule has 2 aliphatic rings. The molecule has 2 N–H and O–H groups in total. The zero-order valence-electron chi connectivity index (χ0n) is 7.08. The molecule has 0 saturated carbocycles. The molecule has 4 nitrogen and oxygen atoms in total. The van der Waals surface area contributed by atoms with E-state index < -0.39 is 0 Å². The van der Waals surface area contributed by atoms with Crippen LogP contribution in [0.25, 0.3) is 0 Å². The molecular weight excluding hydrogens is 156 g/mol. The third kappa shape index (κ3) is 1.39. The van der Waals surface area contributed by atoms with Gasteiger partial charge in [-0.1, -0.05) is 0 Å². The van der Waals surface area contributed by atoms with Gasteiger partial charge in [-0.3, -0.25) is 0 Å². The van der Waals surface area contributed by atoms with E-state index in [0.29, 0.717) is 6.02 Å². The summed E-state index contributed by atoms with van der Waals surface area (Å²) in [5, 5.41) is 0. The first-order chi connectivity index (χ1) is 5.81. The standard InChI is InChI=1S/C8H14N2O2/c9-7-10-4-1-8(12-7)2-5-11-6-3-8/h1-6H2,(H2,9,10). The van der Waals surface area contributed by atoms with Crippen molar-refractivity contribution >= 4 is 6.02 Å². The lowest BCUT2D eigenvalue weighted by molar-refractivity contribution is -0.0632. The summed E-state index contributed by atoms with van der Waals surface area (Å²) in [5.74, 6) is 0. The second-order valence-electron chi connectivity index (χ2n) is 3.37. The topological polar surface area (TPSA) is 56.8 Å². The molecule has 0 bridgehead atoms. The minimum absolute atomic E-state index is 0.0515. The minimum atomic E-state index is -0.0515. The first-order valence-electron chi connectivity index (χ1n) is 4.37. The van der Waals surface area contributed by atoms with Crippen molar-refractivity contribution in [3.05, 3.63) is 0 Å². The van der Waals surface area contributed by atoms with E-state index in [1.165, 1.54) is 0 Å². The molecule has 1 saturated heterocycles. The monoisotopic (exact) mass is 170 g/mol. The maximum atomic E-state index is 5.56. The third-order valence-corrected chi connectivity index (χ3v) is 2.56. The van der Waals surface area contributed by atoms with Gasteiger partial charge in [0.15, 0.2) is 0 Å². The molecule has 0 aliphatic carbocycles. The van der Waals surface area contributed by atoms with E-state index >= 15 is 0 Å². The molecule has 2 aliphatic heterocycles. The van der Waals surface area contributed by atoms with Gasteiger partial charge in [0.25, 0.3) is 6.02 Å². The van der Waals surface area contributed by atoms with Gasteiger partial charge in [0.05, 0.1) is 13.2 Å². The average molecular weight is 170 g/mol. The lowest BCUT2D eigenvalue weighted by Gasteiger charge is -2.38. The van der Waals surface area contributed by atoms with E-state index in [-0.39, 0.29) is 5.60 Å². The number of aliphatic imine (C=N–C) groups is 1. The van der Waals surface area contributed by atoms with Crippen LogP contribution in [-0.2, 0) is 9.47 Å². The van der Waals surface area contributed by atoms with E-state index in [1.54, 1.807) is 0 Å². The fourth-order valence-corrected chi connectivity index (χ4v) is 1.77. The summed E-state index contributed by atoms with van der Waals surface area (Å²) in [6, 6.07) is 0.350. The molecule has 0 aromatic carbocycles. The number of rotatable bonds is 0. The molecule has 68 valence electrons. The van der Waals surface area contributed by atoms with Crippen LogP contribution in [0, 0.1) is 0 Å². The van der Waals surface area contributed by atoms with Gasteiger partial charge >= 0.3 is 0 Å². The smallest absolute Gasteiger partial charge is 0.282 e. The summed E-state index contributed by atoms with van der Waals surface area (Å²) in [6.07, 6.45) is 2.88. The van der Waals surface area contributed by atoms with Gasteiger partial charge in [0.2, 0.25) is 0 Å². The molecule has 12 heavy (non-hydrogen) atoms. The van der Waals surface area contributed by atoms with Crippen molar-refractivity contribution in [2.75, 3.05) is 19.8 Å². The number of amidine groups is 1. The Morgan fingerprint density at radius 2 is 2.00 bits per heavy atom. The molecule has 0 amide bonds. The Balaban J connectivity index is 2.05. The lowest BCUT2D eigenvalue weighted by Crippen LogP contribution is -2.45. The largest absolute Gasteiger partial charge is 0.459 e. The summed E-state index contributed by atoms with van der Waals surface area (Å²) in [6.45, 7) is 2.37. The van der Waals surface area contributed by atoms with Crippen molar-refractivity contribution in [2.45, 2.75) is 24.9 Å². The highest BCUT2D eigenvalue weighted by Gasteiger charge is 2.36. The Bertz CT molecular complexity index is 197. The van der Waals surface area contributed by atoms with Gasteiger partial charge in [-0.25, -0.2) is 4.99 Å². The van der Waals surface area contributed by atoms with Crippen molar-refractivity contribution < 1.29 is 9.47 Å². The van der Waals surface area contributed by atoms with Crippen molar-refractivity contribution in [3.8, 4) is 0 Å². The van der Waals surface area contributed by atoms with E-state index in [9.17, 15) is 0 Å². The van der Waals surface area contributed by atoms with E-state index in [2.05, 4.69) is 4.99 Å². The second kappa shape index (κ2) is 2.94. The van der Waals surface area contributed by atoms with Crippen molar-refractivity contribution in [2.24, 2.45) is 10.7 Å². The van der Waals surface area contributed by atoms with Gasteiger partial charge in [-0.05, 0) is 0 Å². The average Bonchev–Trinajstić information content (AvgIpc) is 2.05. The first kappa shape index (κ1) is 7.86. The van der Waals surface area contributed by atoms with Crippen LogP contribution in [0.4, 0.5) is 0 Å². The van der Waals surface area contributed by atoms with E-state index in [0.717, 1.165) is 39.0 Å². The van der Waals surface area contributed by atoms with Crippen molar-refractivity contribution in [1.29, 1.82) is 0 Å². The van der Waals surface area contributed by atoms with Crippen LogP contribution >= 0.6 is 0 Å². The zero-order chi connectivity index (χ0) is 8.44. The fraction of sp³-hybridized carbons (Fsp3) is 0.875. The van der Waals surface area contributed by atoms with Gasteiger partial charge < -0.3 is 15.2 Å². The molecule has 0 aromatic heterocycles. The SMILES string of the molecule is NC1=NCCC2(CCOCC2)O1. The summed E-state index contributed by atoms with van der Waals surface area (Å²) in [5.41, 5.74) is 5.48. The highest BCUT2D eigenvalue weighted by molar-refractivity contribution is 5.72. The first-order valence-corrected chi connectivity index (χ1v) is 4.37. The van der Waals surface area contributed by atoms with Crippen LogP contribution in [0.3, 0.4) is 0 Å². The van der Waals surface area contributed by atoms with Crippen LogP contribution in [0.1, 0.15) is 19.3 Å². The maximum absolute atomic E-state index is 5.56. The van der Waals surface area contributed by atoms with Gasteiger partial charge in [0.1, 0.15) is 5.60 Å². The van der Waals surface area contributed by atoms with Crippen molar-refractivity contribution in [3.63, 3.8) is 0 Å². The second-order valence-corrected chi connectivity index (χ2v) is 3.37. The Morgan fingerprint density at radius 3 is 2.67 bits per heavy atom. The predicted octanol–water partition coefficient (Wildman–Crippen LogP) is 0.271. The lowest BCUT2D eigenvalue weighted by atomic mass is 9.90. The van der Waals surface area contributed by atoms with Crippen LogP contribution in [0.15, 0.2) is 4.99 Å². The number of nitrogens with two attached hydrogens (primary N) is 1. The van der Waals surface area contributed by atoms with Gasteiger partial charge in [0, 0.05) is 25.8 Å². The van der Waals surface area contributed by atoms with Crippen molar-refractivity contribution in [1.82, 2.24) is 0 Å². The number of hydrogen-bond acceptors (Lipinski definition) is 4. The van der Waals surface area contributed by atoms with Crippen LogP contribution < -0.4 is 5.73 Å². The molecule has 1 fully saturated rings. The fourth-order valence-electron chi connectivity index (χ4n) is 1.77. The molecule has 4 heteroatoms. The number of ether oxygens (including phenoxy) is 2. The molecular formula is C8H14N2O2. The van der Waals surface area contributed by atoms with Crippen LogP contribution in [-0.4, -0.2) is 31.4 Å². The van der Waals surface area contributed by atoms with Gasteiger partial charge in [-0.15, -0.1) is 0 Å². The van der Waals surface area contributed by atoms with Crippen LogP contribution in [0.2, 0.25) is 0 Å². The Kier molecular flexibility index (Phi) is 1.92. The van der Waals surface area contributed by atoms with E-state index in [1.807, 2.05) is 0 Å². The molecule has 0 radical (unpaired) electrons. The molecule has 1 spiro atoms. The molecule has 2 heterocycles. The highest BCUT2D eigenvalue weighted by Crippen LogP contribution is 2.30. The maximum Gasteiger partial charge on any atom is 0.282 e. The summed E-state index contributed by atoms with van der Waals surface area (Å²) in [7, 11) is 0. The van der Waals surface area contributed by atoms with Gasteiger partial charge in [-0.2, -0.15) is 0 Å². The molecule has 0 unspecified atom stereocenters. The third-order valence-electron chi connectivity index (χ3n) is 2.56. The Labute approximate surface area is 71.7 Å². The normalized spacial score (nSPS) is 27.8. The summed E-state index contributed by atoms with van der Waals surface area (Å²) >= 11 is 0.